The molecule has 172 valence electrons. The van der Waals surface area contributed by atoms with E-state index in [0.29, 0.717) is 25.4 Å². The summed E-state index contributed by atoms with van der Waals surface area (Å²) in [7, 11) is 0. The number of rotatable bonds is 6. The fourth-order valence-corrected chi connectivity index (χ4v) is 4.23. The van der Waals surface area contributed by atoms with Crippen molar-refractivity contribution in [2.75, 3.05) is 18.0 Å². The standard InChI is InChI=1S/C25H33N3O4/c1-25(2,3)32-24(31)28-15-13-21(28)23(30)26-19(16-17-8-9-17)10-11-22(29)27-14-12-18-6-4-5-7-20(18)27/h4-7,10-11,17,19,21H,8-9,12-16H2,1-3H3,(H,26,30). The number of carbonyl (C=O) groups excluding carboxylic acids is 3. The molecule has 1 aromatic carbocycles. The minimum atomic E-state index is -0.598. The van der Waals surface area contributed by atoms with Crippen molar-refractivity contribution in [1.29, 1.82) is 0 Å². The Hall–Kier alpha value is -2.83. The van der Waals surface area contributed by atoms with Gasteiger partial charge in [-0.2, -0.15) is 0 Å². The molecule has 7 heteroatoms. The lowest BCUT2D eigenvalue weighted by molar-refractivity contribution is -0.131. The number of para-hydroxylation sites is 1. The molecule has 2 fully saturated rings. The highest BCUT2D eigenvalue weighted by atomic mass is 16.6. The molecule has 0 bridgehead atoms. The molecule has 0 spiro atoms. The van der Waals surface area contributed by atoms with Gasteiger partial charge in [-0.15, -0.1) is 0 Å². The lowest BCUT2D eigenvalue weighted by Gasteiger charge is -2.40. The molecule has 1 saturated heterocycles. The van der Waals surface area contributed by atoms with Crippen LogP contribution in [0.2, 0.25) is 0 Å². The maximum absolute atomic E-state index is 12.9. The number of fused-ring (bicyclic) bond motifs is 1. The van der Waals surface area contributed by atoms with Gasteiger partial charge in [-0.1, -0.05) is 37.1 Å². The van der Waals surface area contributed by atoms with Crippen LogP contribution in [0.1, 0.15) is 52.0 Å². The molecule has 1 aromatic rings. The number of carbonyl (C=O) groups is 3. The number of amides is 3. The van der Waals surface area contributed by atoms with Crippen molar-refractivity contribution in [2.45, 2.75) is 70.6 Å². The molecule has 1 saturated carbocycles. The molecule has 1 aliphatic carbocycles. The normalized spacial score (nSPS) is 21.2. The number of ether oxygens (including phenoxy) is 1. The Morgan fingerprint density at radius 1 is 1.16 bits per heavy atom. The first kappa shape index (κ1) is 22.4. The fraction of sp³-hybridized carbons (Fsp3) is 0.560. The smallest absolute Gasteiger partial charge is 0.410 e. The third-order valence-electron chi connectivity index (χ3n) is 6.19. The Balaban J connectivity index is 1.37. The first-order chi connectivity index (χ1) is 15.2. The quantitative estimate of drug-likeness (QED) is 0.689. The van der Waals surface area contributed by atoms with Crippen molar-refractivity contribution in [1.82, 2.24) is 10.2 Å². The summed E-state index contributed by atoms with van der Waals surface area (Å²) in [6.45, 7) is 6.63. The van der Waals surface area contributed by atoms with Crippen LogP contribution in [-0.2, 0) is 20.7 Å². The highest BCUT2D eigenvalue weighted by Gasteiger charge is 2.40. The van der Waals surface area contributed by atoms with E-state index in [1.54, 1.807) is 11.0 Å². The number of nitrogens with zero attached hydrogens (tertiary/aromatic N) is 2. The SMILES string of the molecule is CC(C)(C)OC(=O)N1CCC1C(=O)NC(C=CC(=O)N1CCc2ccccc21)CC1CC1. The van der Waals surface area contributed by atoms with Crippen LogP contribution >= 0.6 is 0 Å². The highest BCUT2D eigenvalue weighted by molar-refractivity contribution is 6.03. The molecule has 0 aromatic heterocycles. The lowest BCUT2D eigenvalue weighted by Crippen LogP contribution is -2.60. The summed E-state index contributed by atoms with van der Waals surface area (Å²) >= 11 is 0. The van der Waals surface area contributed by atoms with Crippen LogP contribution in [0.5, 0.6) is 0 Å². The number of hydrogen-bond acceptors (Lipinski definition) is 4. The largest absolute Gasteiger partial charge is 0.444 e. The third kappa shape index (κ3) is 5.31. The van der Waals surface area contributed by atoms with Gasteiger partial charge in [-0.3, -0.25) is 14.5 Å². The molecule has 2 unspecified atom stereocenters. The van der Waals surface area contributed by atoms with E-state index in [1.165, 1.54) is 10.5 Å². The zero-order valence-corrected chi connectivity index (χ0v) is 19.2. The van der Waals surface area contributed by atoms with Gasteiger partial charge >= 0.3 is 6.09 Å². The van der Waals surface area contributed by atoms with E-state index >= 15 is 0 Å². The molecule has 32 heavy (non-hydrogen) atoms. The van der Waals surface area contributed by atoms with Crippen molar-refractivity contribution in [2.24, 2.45) is 5.92 Å². The maximum Gasteiger partial charge on any atom is 0.410 e. The third-order valence-corrected chi connectivity index (χ3v) is 6.19. The van der Waals surface area contributed by atoms with Gasteiger partial charge in [0.15, 0.2) is 0 Å². The molecule has 7 nitrogen and oxygen atoms in total. The van der Waals surface area contributed by atoms with Gasteiger partial charge in [0, 0.05) is 30.9 Å². The second kappa shape index (κ2) is 8.96. The predicted octanol–water partition coefficient (Wildman–Crippen LogP) is 3.43. The zero-order valence-electron chi connectivity index (χ0n) is 19.2. The van der Waals surface area contributed by atoms with Gasteiger partial charge in [0.1, 0.15) is 11.6 Å². The van der Waals surface area contributed by atoms with Gasteiger partial charge in [0.2, 0.25) is 5.91 Å². The second-order valence-electron chi connectivity index (χ2n) is 10.0. The van der Waals surface area contributed by atoms with Crippen molar-refractivity contribution in [3.63, 3.8) is 0 Å². The Morgan fingerprint density at radius 2 is 1.91 bits per heavy atom. The summed E-state index contributed by atoms with van der Waals surface area (Å²) in [5.74, 6) is 0.330. The van der Waals surface area contributed by atoms with Crippen molar-refractivity contribution >= 4 is 23.6 Å². The van der Waals surface area contributed by atoms with E-state index in [1.807, 2.05) is 45.0 Å². The van der Waals surface area contributed by atoms with E-state index in [2.05, 4.69) is 11.4 Å². The van der Waals surface area contributed by atoms with Gasteiger partial charge in [-0.05, 0) is 57.6 Å². The summed E-state index contributed by atoms with van der Waals surface area (Å²) < 4.78 is 5.41. The molecule has 1 N–H and O–H groups in total. The first-order valence-corrected chi connectivity index (χ1v) is 11.6. The number of anilines is 1. The average molecular weight is 440 g/mol. The van der Waals surface area contributed by atoms with Crippen LogP contribution in [0.25, 0.3) is 0 Å². The molecule has 0 radical (unpaired) electrons. The molecular weight excluding hydrogens is 406 g/mol. The molecule has 2 heterocycles. The summed E-state index contributed by atoms with van der Waals surface area (Å²) in [5, 5.41) is 3.06. The van der Waals surface area contributed by atoms with E-state index < -0.39 is 17.7 Å². The van der Waals surface area contributed by atoms with Crippen LogP contribution in [-0.4, -0.2) is 53.6 Å². The molecule has 2 aliphatic heterocycles. The Morgan fingerprint density at radius 3 is 2.56 bits per heavy atom. The Bertz CT molecular complexity index is 916. The first-order valence-electron chi connectivity index (χ1n) is 11.6. The molecule has 3 amide bonds. The monoisotopic (exact) mass is 439 g/mol. The highest BCUT2D eigenvalue weighted by Crippen LogP contribution is 2.34. The summed E-state index contributed by atoms with van der Waals surface area (Å²) in [5.41, 5.74) is 1.55. The zero-order chi connectivity index (χ0) is 22.9. The minimum absolute atomic E-state index is 0.0657. The van der Waals surface area contributed by atoms with Gasteiger partial charge in [-0.25, -0.2) is 4.79 Å². The van der Waals surface area contributed by atoms with Gasteiger partial charge in [0.25, 0.3) is 5.91 Å². The number of likely N-dealkylation sites (tertiary alicyclic amines) is 1. The Kier molecular flexibility index (Phi) is 6.26. The van der Waals surface area contributed by atoms with Crippen molar-refractivity contribution in [3.05, 3.63) is 42.0 Å². The second-order valence-corrected chi connectivity index (χ2v) is 10.0. The fourth-order valence-electron chi connectivity index (χ4n) is 4.23. The average Bonchev–Trinajstić information content (AvgIpc) is 3.38. The maximum atomic E-state index is 12.9. The summed E-state index contributed by atoms with van der Waals surface area (Å²) in [6, 6.07) is 7.22. The Labute approximate surface area is 189 Å². The molecule has 2 atom stereocenters. The van der Waals surface area contributed by atoms with Crippen LogP contribution < -0.4 is 10.2 Å². The predicted molar refractivity (Wildman–Crippen MR) is 122 cm³/mol. The van der Waals surface area contributed by atoms with E-state index in [-0.39, 0.29) is 17.9 Å². The van der Waals surface area contributed by atoms with E-state index in [4.69, 9.17) is 4.74 Å². The summed E-state index contributed by atoms with van der Waals surface area (Å²) in [4.78, 5) is 41.3. The number of nitrogens with one attached hydrogen (secondary N) is 1. The molecule has 4 rings (SSSR count). The van der Waals surface area contributed by atoms with Gasteiger partial charge < -0.3 is 15.0 Å². The van der Waals surface area contributed by atoms with Crippen molar-refractivity contribution in [3.8, 4) is 0 Å². The molecular formula is C25H33N3O4. The molecule has 3 aliphatic rings. The lowest BCUT2D eigenvalue weighted by atomic mass is 10.0. The van der Waals surface area contributed by atoms with Crippen molar-refractivity contribution < 1.29 is 19.1 Å². The van der Waals surface area contributed by atoms with E-state index in [9.17, 15) is 14.4 Å². The number of benzene rings is 1. The topological polar surface area (TPSA) is 79.0 Å². The summed E-state index contributed by atoms with van der Waals surface area (Å²) in [6.07, 6.45) is 7.54. The minimum Gasteiger partial charge on any atom is -0.444 e. The van der Waals surface area contributed by atoms with Crippen LogP contribution in [0.4, 0.5) is 10.5 Å². The van der Waals surface area contributed by atoms with Crippen LogP contribution in [0.3, 0.4) is 0 Å². The van der Waals surface area contributed by atoms with Gasteiger partial charge in [0.05, 0.1) is 0 Å². The van der Waals surface area contributed by atoms with E-state index in [0.717, 1.165) is 31.4 Å². The van der Waals surface area contributed by atoms with Crippen LogP contribution in [0.15, 0.2) is 36.4 Å². The number of hydrogen-bond donors (Lipinski definition) is 1. The van der Waals surface area contributed by atoms with Crippen LogP contribution in [0, 0.1) is 5.92 Å².